The van der Waals surface area contributed by atoms with Crippen LogP contribution in [0.1, 0.15) is 39.7 Å². The summed E-state index contributed by atoms with van der Waals surface area (Å²) in [5, 5.41) is 11.0. The molecule has 0 amide bonds. The second kappa shape index (κ2) is 8.97. The van der Waals surface area contributed by atoms with Crippen LogP contribution in [0.5, 0.6) is 5.75 Å². The van der Waals surface area contributed by atoms with E-state index in [1.807, 2.05) is 6.92 Å². The number of carbonyl (C=O) groups excluding carboxylic acids is 1. The molecular formula is C18H26F2O4. The molecule has 0 saturated heterocycles. The number of ether oxygens (including phenoxy) is 2. The SMILES string of the molecule is CCCOc1ccc(C(O)(C(C)C)C(C(=O)OCC)C(F)F)cc1. The van der Waals surface area contributed by atoms with Crippen molar-refractivity contribution in [2.75, 3.05) is 13.2 Å². The van der Waals surface area contributed by atoms with E-state index in [0.29, 0.717) is 12.4 Å². The van der Waals surface area contributed by atoms with Crippen molar-refractivity contribution in [2.45, 2.75) is 46.1 Å². The van der Waals surface area contributed by atoms with Crippen LogP contribution in [0.2, 0.25) is 0 Å². The molecule has 0 heterocycles. The topological polar surface area (TPSA) is 55.8 Å². The van der Waals surface area contributed by atoms with E-state index >= 15 is 0 Å². The normalized spacial score (nSPS) is 15.2. The van der Waals surface area contributed by atoms with Gasteiger partial charge < -0.3 is 14.6 Å². The van der Waals surface area contributed by atoms with Crippen molar-refractivity contribution >= 4 is 5.97 Å². The van der Waals surface area contributed by atoms with Crippen molar-refractivity contribution in [2.24, 2.45) is 11.8 Å². The average molecular weight is 344 g/mol. The Morgan fingerprint density at radius 3 is 2.21 bits per heavy atom. The maximum atomic E-state index is 13.6. The summed E-state index contributed by atoms with van der Waals surface area (Å²) in [6.07, 6.45) is -2.21. The van der Waals surface area contributed by atoms with Crippen LogP contribution in [-0.4, -0.2) is 30.7 Å². The van der Waals surface area contributed by atoms with E-state index in [1.54, 1.807) is 26.0 Å². The molecule has 2 unspecified atom stereocenters. The summed E-state index contributed by atoms with van der Waals surface area (Å²) < 4.78 is 37.4. The molecule has 6 heteroatoms. The fourth-order valence-corrected chi connectivity index (χ4v) is 2.62. The molecule has 1 N–H and O–H groups in total. The number of esters is 1. The van der Waals surface area contributed by atoms with Gasteiger partial charge in [-0.3, -0.25) is 4.79 Å². The number of halogens is 2. The largest absolute Gasteiger partial charge is 0.494 e. The molecule has 1 rings (SSSR count). The van der Waals surface area contributed by atoms with Gasteiger partial charge in [0.2, 0.25) is 0 Å². The summed E-state index contributed by atoms with van der Waals surface area (Å²) in [4.78, 5) is 12.0. The Labute approximate surface area is 141 Å². The lowest BCUT2D eigenvalue weighted by Gasteiger charge is -2.38. The van der Waals surface area contributed by atoms with Gasteiger partial charge in [0.05, 0.1) is 13.2 Å². The zero-order chi connectivity index (χ0) is 18.3. The molecule has 0 fully saturated rings. The Bertz CT molecular complexity index is 516. The number of benzene rings is 1. The molecule has 24 heavy (non-hydrogen) atoms. The highest BCUT2D eigenvalue weighted by atomic mass is 19.3. The minimum absolute atomic E-state index is 0.0278. The first kappa shape index (κ1) is 20.4. The molecule has 0 saturated carbocycles. The van der Waals surface area contributed by atoms with Crippen LogP contribution in [0.3, 0.4) is 0 Å². The first-order chi connectivity index (χ1) is 11.3. The lowest BCUT2D eigenvalue weighted by Crippen LogP contribution is -2.48. The molecule has 0 bridgehead atoms. The molecule has 2 atom stereocenters. The van der Waals surface area contributed by atoms with Gasteiger partial charge in [-0.05, 0) is 37.0 Å². The Balaban J connectivity index is 3.24. The van der Waals surface area contributed by atoms with Gasteiger partial charge in [0.25, 0.3) is 6.43 Å². The van der Waals surface area contributed by atoms with Gasteiger partial charge in [-0.2, -0.15) is 0 Å². The summed E-state index contributed by atoms with van der Waals surface area (Å²) >= 11 is 0. The van der Waals surface area contributed by atoms with E-state index in [0.717, 1.165) is 6.42 Å². The molecule has 0 aliphatic carbocycles. The highest BCUT2D eigenvalue weighted by Crippen LogP contribution is 2.41. The summed E-state index contributed by atoms with van der Waals surface area (Å²) in [7, 11) is 0. The smallest absolute Gasteiger partial charge is 0.318 e. The molecule has 1 aromatic rings. The van der Waals surface area contributed by atoms with Crippen LogP contribution in [0.4, 0.5) is 8.78 Å². The summed E-state index contributed by atoms with van der Waals surface area (Å²) in [5.41, 5.74) is -1.80. The molecule has 4 nitrogen and oxygen atoms in total. The van der Waals surface area contributed by atoms with Gasteiger partial charge >= 0.3 is 5.97 Å². The first-order valence-electron chi connectivity index (χ1n) is 8.19. The molecule has 0 aromatic heterocycles. The second-order valence-electron chi connectivity index (χ2n) is 5.92. The lowest BCUT2D eigenvalue weighted by atomic mass is 9.73. The van der Waals surface area contributed by atoms with Gasteiger partial charge in [-0.15, -0.1) is 0 Å². The van der Waals surface area contributed by atoms with Gasteiger partial charge in [0, 0.05) is 0 Å². The number of hydrogen-bond donors (Lipinski definition) is 1. The summed E-state index contributed by atoms with van der Waals surface area (Å²) in [6, 6.07) is 6.23. The third-order valence-electron chi connectivity index (χ3n) is 3.94. The van der Waals surface area contributed by atoms with Crippen molar-refractivity contribution in [1.29, 1.82) is 0 Å². The second-order valence-corrected chi connectivity index (χ2v) is 5.92. The maximum absolute atomic E-state index is 13.6. The Kier molecular flexibility index (Phi) is 7.60. The fraction of sp³-hybridized carbons (Fsp3) is 0.611. The lowest BCUT2D eigenvalue weighted by molar-refractivity contribution is -0.178. The molecule has 0 radical (unpaired) electrons. The number of carbonyl (C=O) groups is 1. The number of hydrogen-bond acceptors (Lipinski definition) is 4. The third-order valence-corrected chi connectivity index (χ3v) is 3.94. The highest BCUT2D eigenvalue weighted by molar-refractivity contribution is 5.75. The molecule has 0 aliphatic heterocycles. The highest BCUT2D eigenvalue weighted by Gasteiger charge is 2.51. The number of rotatable bonds is 9. The molecule has 1 aromatic carbocycles. The number of alkyl halides is 2. The van der Waals surface area contributed by atoms with Gasteiger partial charge in [-0.1, -0.05) is 32.9 Å². The van der Waals surface area contributed by atoms with Crippen molar-refractivity contribution in [3.63, 3.8) is 0 Å². The number of aliphatic hydroxyl groups is 1. The Morgan fingerprint density at radius 1 is 1.21 bits per heavy atom. The average Bonchev–Trinajstić information content (AvgIpc) is 2.53. The molecular weight excluding hydrogens is 318 g/mol. The predicted molar refractivity (Wildman–Crippen MR) is 87.1 cm³/mol. The van der Waals surface area contributed by atoms with Crippen LogP contribution >= 0.6 is 0 Å². The third kappa shape index (κ3) is 4.44. The Morgan fingerprint density at radius 2 is 1.79 bits per heavy atom. The van der Waals surface area contributed by atoms with Crippen LogP contribution in [0, 0.1) is 11.8 Å². The zero-order valence-electron chi connectivity index (χ0n) is 14.6. The van der Waals surface area contributed by atoms with E-state index < -0.39 is 29.8 Å². The van der Waals surface area contributed by atoms with Crippen molar-refractivity contribution in [1.82, 2.24) is 0 Å². The van der Waals surface area contributed by atoms with Gasteiger partial charge in [0.1, 0.15) is 11.4 Å². The summed E-state index contributed by atoms with van der Waals surface area (Å²) in [5.74, 6) is -3.10. The van der Waals surface area contributed by atoms with E-state index in [1.165, 1.54) is 19.1 Å². The van der Waals surface area contributed by atoms with Crippen molar-refractivity contribution in [3.05, 3.63) is 29.8 Å². The summed E-state index contributed by atoms with van der Waals surface area (Å²) in [6.45, 7) is 7.20. The van der Waals surface area contributed by atoms with Gasteiger partial charge in [-0.25, -0.2) is 8.78 Å². The van der Waals surface area contributed by atoms with Crippen LogP contribution in [0.25, 0.3) is 0 Å². The van der Waals surface area contributed by atoms with E-state index in [-0.39, 0.29) is 12.2 Å². The van der Waals surface area contributed by atoms with E-state index in [2.05, 4.69) is 0 Å². The van der Waals surface area contributed by atoms with E-state index in [9.17, 15) is 18.7 Å². The monoisotopic (exact) mass is 344 g/mol. The maximum Gasteiger partial charge on any atom is 0.318 e. The molecule has 0 aliphatic rings. The molecule has 0 spiro atoms. The van der Waals surface area contributed by atoms with Crippen LogP contribution in [0.15, 0.2) is 24.3 Å². The minimum atomic E-state index is -3.05. The van der Waals surface area contributed by atoms with Crippen LogP contribution in [-0.2, 0) is 15.1 Å². The fourth-order valence-electron chi connectivity index (χ4n) is 2.62. The minimum Gasteiger partial charge on any atom is -0.494 e. The zero-order valence-corrected chi connectivity index (χ0v) is 14.6. The van der Waals surface area contributed by atoms with E-state index in [4.69, 9.17) is 9.47 Å². The predicted octanol–water partition coefficient (Wildman–Crippen LogP) is 3.76. The van der Waals surface area contributed by atoms with Crippen LogP contribution < -0.4 is 4.74 Å². The Hall–Kier alpha value is -1.69. The standard InChI is InChI=1S/C18H26F2O4/c1-5-11-24-14-9-7-13(8-10-14)18(22,12(3)4)15(16(19)20)17(21)23-6-2/h7-10,12,15-16,22H,5-6,11H2,1-4H3. The quantitative estimate of drug-likeness (QED) is 0.693. The molecule has 136 valence electrons. The van der Waals surface area contributed by atoms with Crippen molar-refractivity contribution < 1.29 is 28.2 Å². The van der Waals surface area contributed by atoms with Gasteiger partial charge in [0.15, 0.2) is 5.92 Å². The van der Waals surface area contributed by atoms with Crippen molar-refractivity contribution in [3.8, 4) is 5.75 Å². The first-order valence-corrected chi connectivity index (χ1v) is 8.19.